The van der Waals surface area contributed by atoms with Crippen molar-refractivity contribution >= 4 is 15.9 Å². The van der Waals surface area contributed by atoms with E-state index in [9.17, 15) is 0 Å². The molecule has 0 spiro atoms. The average molecular weight is 300 g/mol. The number of ether oxygens (including phenoxy) is 2. The lowest BCUT2D eigenvalue weighted by atomic mass is 9.72. The molecule has 1 aliphatic carbocycles. The molecule has 2 rings (SSSR count). The maximum absolute atomic E-state index is 6.39. The van der Waals surface area contributed by atoms with Crippen LogP contribution in [0.25, 0.3) is 0 Å². The number of nitrogens with two attached hydrogens (primary N) is 1. The largest absolute Gasteiger partial charge is 0.496 e. The van der Waals surface area contributed by atoms with Crippen molar-refractivity contribution in [3.63, 3.8) is 0 Å². The van der Waals surface area contributed by atoms with Gasteiger partial charge in [0, 0.05) is 16.7 Å². The minimum atomic E-state index is -0.255. The van der Waals surface area contributed by atoms with E-state index >= 15 is 0 Å². The Bertz CT molecular complexity index is 442. The van der Waals surface area contributed by atoms with E-state index in [0.29, 0.717) is 0 Å². The van der Waals surface area contributed by atoms with Gasteiger partial charge in [0.25, 0.3) is 0 Å². The van der Waals surface area contributed by atoms with Crippen LogP contribution in [0.5, 0.6) is 11.5 Å². The molecule has 0 aromatic heterocycles. The normalized spacial score (nSPS) is 17.5. The van der Waals surface area contributed by atoms with E-state index in [1.807, 2.05) is 13.0 Å². The number of methoxy groups -OCH3 is 2. The fraction of sp³-hybridized carbons (Fsp3) is 0.538. The smallest absolute Gasteiger partial charge is 0.138 e. The topological polar surface area (TPSA) is 44.5 Å². The lowest BCUT2D eigenvalue weighted by Crippen LogP contribution is -2.43. The molecule has 0 atom stereocenters. The van der Waals surface area contributed by atoms with Gasteiger partial charge in [-0.05, 0) is 48.2 Å². The molecule has 1 saturated carbocycles. The molecule has 1 fully saturated rings. The summed E-state index contributed by atoms with van der Waals surface area (Å²) in [6.45, 7) is 2.00. The van der Waals surface area contributed by atoms with Gasteiger partial charge >= 0.3 is 0 Å². The maximum atomic E-state index is 6.39. The molecule has 0 saturated heterocycles. The van der Waals surface area contributed by atoms with Crippen molar-refractivity contribution in [1.82, 2.24) is 0 Å². The lowest BCUT2D eigenvalue weighted by Gasteiger charge is -2.40. The Balaban J connectivity index is 2.60. The highest BCUT2D eigenvalue weighted by molar-refractivity contribution is 9.10. The standard InChI is InChI=1S/C13H18BrNO2/c1-8-10(16-2)7-9(12(17-3)11(8)14)13(15)5-4-6-13/h7H,4-6,15H2,1-3H3. The summed E-state index contributed by atoms with van der Waals surface area (Å²) in [6.07, 6.45) is 3.18. The van der Waals surface area contributed by atoms with E-state index in [-0.39, 0.29) is 5.54 Å². The summed E-state index contributed by atoms with van der Waals surface area (Å²) in [4.78, 5) is 0. The molecule has 94 valence electrons. The Morgan fingerprint density at radius 1 is 1.29 bits per heavy atom. The molecule has 0 heterocycles. The fourth-order valence-corrected chi connectivity index (χ4v) is 2.88. The van der Waals surface area contributed by atoms with Gasteiger partial charge in [-0.15, -0.1) is 0 Å². The van der Waals surface area contributed by atoms with Gasteiger partial charge in [0.15, 0.2) is 0 Å². The van der Waals surface area contributed by atoms with E-state index < -0.39 is 0 Å². The van der Waals surface area contributed by atoms with Crippen LogP contribution in [0.2, 0.25) is 0 Å². The van der Waals surface area contributed by atoms with E-state index in [0.717, 1.165) is 39.9 Å². The van der Waals surface area contributed by atoms with Crippen LogP contribution in [-0.4, -0.2) is 14.2 Å². The summed E-state index contributed by atoms with van der Waals surface area (Å²) in [5.74, 6) is 1.69. The highest BCUT2D eigenvalue weighted by Gasteiger charge is 2.38. The molecule has 1 aromatic rings. The zero-order valence-corrected chi connectivity index (χ0v) is 12.1. The van der Waals surface area contributed by atoms with Crippen LogP contribution < -0.4 is 15.2 Å². The number of hydrogen-bond acceptors (Lipinski definition) is 3. The molecule has 1 aliphatic rings. The molecule has 0 aliphatic heterocycles. The second kappa shape index (κ2) is 4.50. The van der Waals surface area contributed by atoms with Gasteiger partial charge in [0.1, 0.15) is 11.5 Å². The number of halogens is 1. The molecule has 4 heteroatoms. The third-order valence-corrected chi connectivity index (χ3v) is 4.58. The van der Waals surface area contributed by atoms with Crippen molar-refractivity contribution < 1.29 is 9.47 Å². The van der Waals surface area contributed by atoms with E-state index in [2.05, 4.69) is 15.9 Å². The quantitative estimate of drug-likeness (QED) is 0.933. The summed E-state index contributed by atoms with van der Waals surface area (Å²) in [6, 6.07) is 2.01. The predicted octanol–water partition coefficient (Wildman–Crippen LogP) is 3.11. The Morgan fingerprint density at radius 2 is 1.94 bits per heavy atom. The Morgan fingerprint density at radius 3 is 2.35 bits per heavy atom. The molecule has 3 nitrogen and oxygen atoms in total. The minimum absolute atomic E-state index is 0.255. The van der Waals surface area contributed by atoms with Crippen molar-refractivity contribution in [2.24, 2.45) is 5.73 Å². The molecular weight excluding hydrogens is 282 g/mol. The average Bonchev–Trinajstić information content (AvgIpc) is 2.29. The molecule has 0 unspecified atom stereocenters. The van der Waals surface area contributed by atoms with Crippen LogP contribution >= 0.6 is 15.9 Å². The molecular formula is C13H18BrNO2. The lowest BCUT2D eigenvalue weighted by molar-refractivity contribution is 0.242. The monoisotopic (exact) mass is 299 g/mol. The Labute approximate surface area is 110 Å². The summed E-state index contributed by atoms with van der Waals surface area (Å²) in [5, 5.41) is 0. The van der Waals surface area contributed by atoms with Crippen LogP contribution in [-0.2, 0) is 5.54 Å². The molecule has 1 aromatic carbocycles. The fourth-order valence-electron chi connectivity index (χ4n) is 2.31. The third kappa shape index (κ3) is 1.93. The Hall–Kier alpha value is -0.740. The summed E-state index contributed by atoms with van der Waals surface area (Å²) >= 11 is 3.57. The zero-order valence-electron chi connectivity index (χ0n) is 10.5. The second-order valence-corrected chi connectivity index (χ2v) is 5.40. The number of rotatable bonds is 3. The molecule has 17 heavy (non-hydrogen) atoms. The summed E-state index contributed by atoms with van der Waals surface area (Å²) in [5.41, 5.74) is 8.21. The molecule has 0 radical (unpaired) electrons. The molecule has 0 amide bonds. The van der Waals surface area contributed by atoms with E-state index in [4.69, 9.17) is 15.2 Å². The predicted molar refractivity (Wildman–Crippen MR) is 71.7 cm³/mol. The van der Waals surface area contributed by atoms with Crippen LogP contribution in [0.3, 0.4) is 0 Å². The van der Waals surface area contributed by atoms with E-state index in [1.165, 1.54) is 6.42 Å². The van der Waals surface area contributed by atoms with Crippen molar-refractivity contribution in [1.29, 1.82) is 0 Å². The first kappa shape index (κ1) is 12.7. The van der Waals surface area contributed by atoms with Gasteiger partial charge in [-0.3, -0.25) is 0 Å². The molecule has 2 N–H and O–H groups in total. The third-order valence-electron chi connectivity index (χ3n) is 3.62. The number of benzene rings is 1. The van der Waals surface area contributed by atoms with Crippen LogP contribution in [0.4, 0.5) is 0 Å². The van der Waals surface area contributed by atoms with Crippen molar-refractivity contribution in [3.8, 4) is 11.5 Å². The van der Waals surface area contributed by atoms with Gasteiger partial charge in [-0.1, -0.05) is 0 Å². The van der Waals surface area contributed by atoms with Gasteiger partial charge in [0.2, 0.25) is 0 Å². The zero-order chi connectivity index (χ0) is 12.6. The van der Waals surface area contributed by atoms with Gasteiger partial charge in [-0.2, -0.15) is 0 Å². The SMILES string of the molecule is COc1cc(C2(N)CCC2)c(OC)c(Br)c1C. The van der Waals surface area contributed by atoms with Gasteiger partial charge < -0.3 is 15.2 Å². The molecule has 0 bridgehead atoms. The van der Waals surface area contributed by atoms with Crippen molar-refractivity contribution in [2.45, 2.75) is 31.7 Å². The second-order valence-electron chi connectivity index (χ2n) is 4.61. The van der Waals surface area contributed by atoms with Crippen LogP contribution in [0.15, 0.2) is 10.5 Å². The number of hydrogen-bond donors (Lipinski definition) is 1. The summed E-state index contributed by atoms with van der Waals surface area (Å²) in [7, 11) is 3.35. The first-order valence-electron chi connectivity index (χ1n) is 5.74. The highest BCUT2D eigenvalue weighted by Crippen LogP contribution is 2.48. The first-order valence-corrected chi connectivity index (χ1v) is 6.53. The van der Waals surface area contributed by atoms with Crippen LogP contribution in [0.1, 0.15) is 30.4 Å². The first-order chi connectivity index (χ1) is 8.03. The van der Waals surface area contributed by atoms with Gasteiger partial charge in [0.05, 0.1) is 18.7 Å². The Kier molecular flexibility index (Phi) is 3.36. The van der Waals surface area contributed by atoms with E-state index in [1.54, 1.807) is 14.2 Å². The highest BCUT2D eigenvalue weighted by atomic mass is 79.9. The van der Waals surface area contributed by atoms with Crippen molar-refractivity contribution in [2.75, 3.05) is 14.2 Å². The minimum Gasteiger partial charge on any atom is -0.496 e. The van der Waals surface area contributed by atoms with Crippen LogP contribution in [0, 0.1) is 6.92 Å². The van der Waals surface area contributed by atoms with Crippen molar-refractivity contribution in [3.05, 3.63) is 21.7 Å². The maximum Gasteiger partial charge on any atom is 0.138 e. The van der Waals surface area contributed by atoms with Gasteiger partial charge in [-0.25, -0.2) is 0 Å². The summed E-state index contributed by atoms with van der Waals surface area (Å²) < 4.78 is 11.8.